The van der Waals surface area contributed by atoms with Gasteiger partial charge in [-0.3, -0.25) is 9.89 Å². The Balaban J connectivity index is 2.19. The fraction of sp³-hybridized carbons (Fsp3) is 0.600. The van der Waals surface area contributed by atoms with Crippen LogP contribution in [0.1, 0.15) is 36.9 Å². The number of rotatable bonds is 2. The van der Waals surface area contributed by atoms with Crippen LogP contribution in [0.3, 0.4) is 0 Å². The molecule has 1 aromatic rings. The van der Waals surface area contributed by atoms with Crippen molar-refractivity contribution in [3.8, 4) is 0 Å². The molecule has 0 radical (unpaired) electrons. The summed E-state index contributed by atoms with van der Waals surface area (Å²) >= 11 is 0. The number of H-pyrrole nitrogens is 1. The molecule has 0 spiro atoms. The number of carbonyl (C=O) groups is 1. The minimum absolute atomic E-state index is 0.124. The third-order valence-corrected chi connectivity index (χ3v) is 2.61. The van der Waals surface area contributed by atoms with E-state index in [0.717, 1.165) is 30.5 Å². The van der Waals surface area contributed by atoms with Gasteiger partial charge >= 0.3 is 5.97 Å². The van der Waals surface area contributed by atoms with Crippen LogP contribution in [0, 0.1) is 0 Å². The van der Waals surface area contributed by atoms with Crippen molar-refractivity contribution in [3.05, 3.63) is 17.5 Å². The molecular formula is C10H14N2O2. The third kappa shape index (κ3) is 1.52. The Hall–Kier alpha value is -1.32. The topological polar surface area (TPSA) is 55.0 Å². The Morgan fingerprint density at radius 3 is 3.43 bits per heavy atom. The summed E-state index contributed by atoms with van der Waals surface area (Å²) < 4.78 is 5.02. The summed E-state index contributed by atoms with van der Waals surface area (Å²) in [5.74, 6) is -0.251. The van der Waals surface area contributed by atoms with Gasteiger partial charge < -0.3 is 4.74 Å². The highest BCUT2D eigenvalue weighted by Gasteiger charge is 2.28. The SMILES string of the molecule is CCOC(=O)[C@@H]1CCCc2cn[nH]c21. The minimum Gasteiger partial charge on any atom is -0.465 e. The molecule has 0 unspecified atom stereocenters. The predicted molar refractivity (Wildman–Crippen MR) is 50.9 cm³/mol. The number of ether oxygens (including phenoxy) is 1. The third-order valence-electron chi connectivity index (χ3n) is 2.61. The highest BCUT2D eigenvalue weighted by Crippen LogP contribution is 2.30. The molecule has 1 atom stereocenters. The predicted octanol–water partition coefficient (Wildman–Crippen LogP) is 1.39. The summed E-state index contributed by atoms with van der Waals surface area (Å²) in [4.78, 5) is 11.6. The number of hydrogen-bond acceptors (Lipinski definition) is 3. The van der Waals surface area contributed by atoms with Gasteiger partial charge in [0.15, 0.2) is 0 Å². The Morgan fingerprint density at radius 1 is 1.79 bits per heavy atom. The molecule has 1 heterocycles. The zero-order valence-corrected chi connectivity index (χ0v) is 8.25. The molecule has 14 heavy (non-hydrogen) atoms. The van der Waals surface area contributed by atoms with Crippen LogP contribution in [0.4, 0.5) is 0 Å². The number of aromatic amines is 1. The molecule has 0 fully saturated rings. The summed E-state index contributed by atoms with van der Waals surface area (Å²) in [6, 6.07) is 0. The van der Waals surface area contributed by atoms with Crippen molar-refractivity contribution in [2.75, 3.05) is 6.61 Å². The number of aryl methyl sites for hydroxylation is 1. The van der Waals surface area contributed by atoms with Crippen LogP contribution in [0.2, 0.25) is 0 Å². The minimum atomic E-state index is -0.127. The number of esters is 1. The van der Waals surface area contributed by atoms with Gasteiger partial charge in [-0.25, -0.2) is 0 Å². The van der Waals surface area contributed by atoms with E-state index in [1.807, 2.05) is 6.92 Å². The lowest BCUT2D eigenvalue weighted by molar-refractivity contribution is -0.145. The van der Waals surface area contributed by atoms with Gasteiger partial charge in [-0.2, -0.15) is 5.10 Å². The van der Waals surface area contributed by atoms with Crippen LogP contribution in [0.5, 0.6) is 0 Å². The van der Waals surface area contributed by atoms with Crippen molar-refractivity contribution in [1.29, 1.82) is 0 Å². The van der Waals surface area contributed by atoms with Crippen molar-refractivity contribution in [3.63, 3.8) is 0 Å². The van der Waals surface area contributed by atoms with Crippen molar-refractivity contribution in [2.45, 2.75) is 32.1 Å². The number of hydrogen-bond donors (Lipinski definition) is 1. The van der Waals surface area contributed by atoms with Crippen LogP contribution in [0.25, 0.3) is 0 Å². The molecule has 1 aliphatic carbocycles. The maximum Gasteiger partial charge on any atom is 0.314 e. The highest BCUT2D eigenvalue weighted by molar-refractivity contribution is 5.78. The Bertz CT molecular complexity index is 333. The van der Waals surface area contributed by atoms with Crippen molar-refractivity contribution < 1.29 is 9.53 Å². The maximum atomic E-state index is 11.6. The molecule has 4 heteroatoms. The van der Waals surface area contributed by atoms with Crippen LogP contribution < -0.4 is 0 Å². The van der Waals surface area contributed by atoms with Gasteiger partial charge in [-0.05, 0) is 31.7 Å². The van der Waals surface area contributed by atoms with E-state index < -0.39 is 0 Å². The molecule has 0 bridgehead atoms. The van der Waals surface area contributed by atoms with Gasteiger partial charge in [0.05, 0.1) is 24.4 Å². The second kappa shape index (κ2) is 3.82. The molecule has 2 rings (SSSR count). The lowest BCUT2D eigenvalue weighted by Crippen LogP contribution is -2.20. The van der Waals surface area contributed by atoms with Crippen LogP contribution >= 0.6 is 0 Å². The molecular weight excluding hydrogens is 180 g/mol. The van der Waals surface area contributed by atoms with Crippen LogP contribution in [-0.2, 0) is 16.0 Å². The van der Waals surface area contributed by atoms with Crippen molar-refractivity contribution in [2.24, 2.45) is 0 Å². The largest absolute Gasteiger partial charge is 0.465 e. The lowest BCUT2D eigenvalue weighted by atomic mass is 9.88. The standard InChI is InChI=1S/C10H14N2O2/c1-2-14-10(13)8-5-3-4-7-6-11-12-9(7)8/h6,8H,2-5H2,1H3,(H,11,12)/t8-/m1/s1. The zero-order chi connectivity index (χ0) is 9.97. The zero-order valence-electron chi connectivity index (χ0n) is 8.25. The first-order valence-electron chi connectivity index (χ1n) is 5.01. The van der Waals surface area contributed by atoms with Gasteiger partial charge in [0.25, 0.3) is 0 Å². The Kier molecular flexibility index (Phi) is 2.52. The van der Waals surface area contributed by atoms with Gasteiger partial charge in [-0.1, -0.05) is 0 Å². The molecule has 1 aliphatic rings. The molecule has 0 saturated carbocycles. The van der Waals surface area contributed by atoms with E-state index in [4.69, 9.17) is 4.74 Å². The van der Waals surface area contributed by atoms with Crippen LogP contribution in [0.15, 0.2) is 6.20 Å². The number of fused-ring (bicyclic) bond motifs is 1. The van der Waals surface area contributed by atoms with E-state index in [2.05, 4.69) is 10.2 Å². The summed E-state index contributed by atoms with van der Waals surface area (Å²) in [5.41, 5.74) is 2.11. The molecule has 0 saturated heterocycles. The smallest absolute Gasteiger partial charge is 0.314 e. The monoisotopic (exact) mass is 194 g/mol. The molecule has 0 aromatic carbocycles. The van der Waals surface area contributed by atoms with E-state index >= 15 is 0 Å². The molecule has 1 aromatic heterocycles. The Morgan fingerprint density at radius 2 is 2.64 bits per heavy atom. The molecule has 1 N–H and O–H groups in total. The molecule has 0 amide bonds. The van der Waals surface area contributed by atoms with Crippen LogP contribution in [-0.4, -0.2) is 22.8 Å². The van der Waals surface area contributed by atoms with E-state index in [0.29, 0.717) is 6.61 Å². The van der Waals surface area contributed by atoms with E-state index in [9.17, 15) is 4.79 Å². The average molecular weight is 194 g/mol. The first-order chi connectivity index (χ1) is 6.83. The second-order valence-electron chi connectivity index (χ2n) is 3.51. The van der Waals surface area contributed by atoms with Crippen molar-refractivity contribution in [1.82, 2.24) is 10.2 Å². The maximum absolute atomic E-state index is 11.6. The van der Waals surface area contributed by atoms with Crippen molar-refractivity contribution >= 4 is 5.97 Å². The summed E-state index contributed by atoms with van der Waals surface area (Å²) in [6.45, 7) is 2.27. The molecule has 76 valence electrons. The van der Waals surface area contributed by atoms with E-state index in [1.165, 1.54) is 0 Å². The second-order valence-corrected chi connectivity index (χ2v) is 3.51. The first kappa shape index (κ1) is 9.24. The lowest BCUT2D eigenvalue weighted by Gasteiger charge is -2.19. The van der Waals surface area contributed by atoms with E-state index in [-0.39, 0.29) is 11.9 Å². The fourth-order valence-corrected chi connectivity index (χ4v) is 1.94. The number of carbonyl (C=O) groups excluding carboxylic acids is 1. The highest BCUT2D eigenvalue weighted by atomic mass is 16.5. The average Bonchev–Trinajstić information content (AvgIpc) is 2.65. The van der Waals surface area contributed by atoms with Gasteiger partial charge in [0, 0.05) is 0 Å². The summed E-state index contributed by atoms with van der Waals surface area (Å²) in [7, 11) is 0. The van der Waals surface area contributed by atoms with Gasteiger partial charge in [0.2, 0.25) is 0 Å². The summed E-state index contributed by atoms with van der Waals surface area (Å²) in [5, 5.41) is 6.86. The number of aromatic nitrogens is 2. The Labute approximate surface area is 82.7 Å². The molecule has 0 aliphatic heterocycles. The first-order valence-corrected chi connectivity index (χ1v) is 5.01. The summed E-state index contributed by atoms with van der Waals surface area (Å²) in [6.07, 6.45) is 4.73. The number of nitrogens with one attached hydrogen (secondary N) is 1. The number of nitrogens with zero attached hydrogens (tertiary/aromatic N) is 1. The van der Waals surface area contributed by atoms with E-state index in [1.54, 1.807) is 6.20 Å². The molecule has 4 nitrogen and oxygen atoms in total. The van der Waals surface area contributed by atoms with Gasteiger partial charge in [-0.15, -0.1) is 0 Å². The normalized spacial score (nSPS) is 20.2. The van der Waals surface area contributed by atoms with Gasteiger partial charge in [0.1, 0.15) is 0 Å². The fourth-order valence-electron chi connectivity index (χ4n) is 1.94. The quantitative estimate of drug-likeness (QED) is 0.724.